The molecule has 0 spiro atoms. The lowest BCUT2D eigenvalue weighted by molar-refractivity contribution is 0.817. The van der Waals surface area contributed by atoms with E-state index in [1.54, 1.807) is 6.07 Å². The Kier molecular flexibility index (Phi) is 4.28. The minimum absolute atomic E-state index is 0.660. The molecule has 18 heavy (non-hydrogen) atoms. The Bertz CT molecular complexity index is 564. The summed E-state index contributed by atoms with van der Waals surface area (Å²) in [7, 11) is 1.94. The van der Waals surface area contributed by atoms with Crippen molar-refractivity contribution in [2.75, 3.05) is 7.05 Å². The predicted octanol–water partition coefficient (Wildman–Crippen LogP) is 4.69. The zero-order valence-corrected chi connectivity index (χ0v) is 11.9. The van der Waals surface area contributed by atoms with Gasteiger partial charge in [0.25, 0.3) is 0 Å². The SMILES string of the molecule is CNCc1ccc(-c2ccc(Cl)cc2Cl)c(C)c1. The molecule has 0 radical (unpaired) electrons. The molecule has 2 rings (SSSR count). The Morgan fingerprint density at radius 2 is 1.72 bits per heavy atom. The summed E-state index contributed by atoms with van der Waals surface area (Å²) in [6.45, 7) is 2.97. The maximum atomic E-state index is 6.24. The first-order valence-electron chi connectivity index (χ1n) is 5.81. The molecular formula is C15H15Cl2N. The van der Waals surface area contributed by atoms with Gasteiger partial charge in [0.1, 0.15) is 0 Å². The highest BCUT2D eigenvalue weighted by atomic mass is 35.5. The smallest absolute Gasteiger partial charge is 0.0499 e. The third-order valence-corrected chi connectivity index (χ3v) is 3.44. The van der Waals surface area contributed by atoms with Gasteiger partial charge in [0.05, 0.1) is 0 Å². The van der Waals surface area contributed by atoms with E-state index in [1.165, 1.54) is 11.1 Å². The number of nitrogens with one attached hydrogen (secondary N) is 1. The fraction of sp³-hybridized carbons (Fsp3) is 0.200. The number of hydrogen-bond acceptors (Lipinski definition) is 1. The number of halogens is 2. The van der Waals surface area contributed by atoms with E-state index in [9.17, 15) is 0 Å². The number of aryl methyl sites for hydroxylation is 1. The van der Waals surface area contributed by atoms with Crippen molar-refractivity contribution >= 4 is 23.2 Å². The summed E-state index contributed by atoms with van der Waals surface area (Å²) in [5.41, 5.74) is 4.65. The van der Waals surface area contributed by atoms with Gasteiger partial charge < -0.3 is 5.32 Å². The molecule has 2 aromatic rings. The maximum Gasteiger partial charge on any atom is 0.0499 e. The van der Waals surface area contributed by atoms with Gasteiger partial charge in [0.2, 0.25) is 0 Å². The molecule has 0 unspecified atom stereocenters. The van der Waals surface area contributed by atoms with E-state index in [-0.39, 0.29) is 0 Å². The molecule has 0 saturated heterocycles. The van der Waals surface area contributed by atoms with Gasteiger partial charge >= 0.3 is 0 Å². The first-order valence-corrected chi connectivity index (χ1v) is 6.57. The third kappa shape index (κ3) is 2.86. The molecule has 0 aliphatic heterocycles. The van der Waals surface area contributed by atoms with E-state index < -0.39 is 0 Å². The molecule has 0 aromatic heterocycles. The molecule has 94 valence electrons. The fourth-order valence-electron chi connectivity index (χ4n) is 2.05. The van der Waals surface area contributed by atoms with Gasteiger partial charge in [-0.15, -0.1) is 0 Å². The average Bonchev–Trinajstić information content (AvgIpc) is 2.31. The lowest BCUT2D eigenvalue weighted by Gasteiger charge is -2.10. The number of hydrogen-bond donors (Lipinski definition) is 1. The highest BCUT2D eigenvalue weighted by Crippen LogP contribution is 2.32. The summed E-state index contributed by atoms with van der Waals surface area (Å²) in [6.07, 6.45) is 0. The van der Waals surface area contributed by atoms with E-state index in [4.69, 9.17) is 23.2 Å². The largest absolute Gasteiger partial charge is 0.316 e. The zero-order valence-electron chi connectivity index (χ0n) is 10.4. The topological polar surface area (TPSA) is 12.0 Å². The Hall–Kier alpha value is -1.02. The van der Waals surface area contributed by atoms with Crippen LogP contribution in [-0.4, -0.2) is 7.05 Å². The summed E-state index contributed by atoms with van der Waals surface area (Å²) in [4.78, 5) is 0. The number of benzene rings is 2. The van der Waals surface area contributed by atoms with Crippen LogP contribution in [0.3, 0.4) is 0 Å². The van der Waals surface area contributed by atoms with E-state index in [0.717, 1.165) is 17.7 Å². The molecule has 0 aliphatic rings. The van der Waals surface area contributed by atoms with Crippen molar-refractivity contribution in [2.24, 2.45) is 0 Å². The minimum Gasteiger partial charge on any atom is -0.316 e. The second kappa shape index (κ2) is 5.75. The van der Waals surface area contributed by atoms with Crippen molar-refractivity contribution in [1.29, 1.82) is 0 Å². The van der Waals surface area contributed by atoms with Crippen molar-refractivity contribution in [3.8, 4) is 11.1 Å². The third-order valence-electron chi connectivity index (χ3n) is 2.89. The van der Waals surface area contributed by atoms with Gasteiger partial charge in [-0.25, -0.2) is 0 Å². The molecule has 0 atom stereocenters. The second-order valence-corrected chi connectivity index (χ2v) is 5.15. The first-order chi connectivity index (χ1) is 8.61. The van der Waals surface area contributed by atoms with Gasteiger partial charge in [-0.05, 0) is 42.8 Å². The molecule has 0 bridgehead atoms. The first kappa shape index (κ1) is 13.4. The van der Waals surface area contributed by atoms with Crippen LogP contribution in [0.15, 0.2) is 36.4 Å². The lowest BCUT2D eigenvalue weighted by Crippen LogP contribution is -2.05. The monoisotopic (exact) mass is 279 g/mol. The van der Waals surface area contributed by atoms with Crippen LogP contribution in [0.5, 0.6) is 0 Å². The Balaban J connectivity index is 2.44. The molecule has 0 amide bonds. The van der Waals surface area contributed by atoms with Crippen LogP contribution in [0.25, 0.3) is 11.1 Å². The van der Waals surface area contributed by atoms with Crippen molar-refractivity contribution < 1.29 is 0 Å². The number of rotatable bonds is 3. The second-order valence-electron chi connectivity index (χ2n) is 4.30. The minimum atomic E-state index is 0.660. The molecule has 0 fully saturated rings. The standard InChI is InChI=1S/C15H15Cl2N/c1-10-7-11(9-18-2)3-5-13(10)14-6-4-12(16)8-15(14)17/h3-8,18H,9H2,1-2H3. The normalized spacial score (nSPS) is 10.7. The Morgan fingerprint density at radius 1 is 1.00 bits per heavy atom. The van der Waals surface area contributed by atoms with Gasteiger partial charge in [-0.3, -0.25) is 0 Å². The van der Waals surface area contributed by atoms with Crippen LogP contribution in [0, 0.1) is 6.92 Å². The molecule has 2 aromatic carbocycles. The fourth-order valence-corrected chi connectivity index (χ4v) is 2.56. The van der Waals surface area contributed by atoms with Gasteiger partial charge in [0, 0.05) is 22.2 Å². The highest BCUT2D eigenvalue weighted by molar-refractivity contribution is 6.36. The Morgan fingerprint density at radius 3 is 2.33 bits per heavy atom. The van der Waals surface area contributed by atoms with Crippen LogP contribution < -0.4 is 5.32 Å². The van der Waals surface area contributed by atoms with E-state index >= 15 is 0 Å². The van der Waals surface area contributed by atoms with Gasteiger partial charge in [0.15, 0.2) is 0 Å². The molecule has 0 heterocycles. The quantitative estimate of drug-likeness (QED) is 0.860. The molecule has 1 nitrogen and oxygen atoms in total. The van der Waals surface area contributed by atoms with Crippen LogP contribution in [0.1, 0.15) is 11.1 Å². The molecule has 0 saturated carbocycles. The average molecular weight is 280 g/mol. The summed E-state index contributed by atoms with van der Waals surface area (Å²) in [5.74, 6) is 0. The van der Waals surface area contributed by atoms with Crippen LogP contribution in [-0.2, 0) is 6.54 Å². The van der Waals surface area contributed by atoms with Crippen LogP contribution in [0.4, 0.5) is 0 Å². The van der Waals surface area contributed by atoms with E-state index in [2.05, 4.69) is 30.4 Å². The van der Waals surface area contributed by atoms with Crippen LogP contribution in [0.2, 0.25) is 10.0 Å². The molecule has 3 heteroatoms. The predicted molar refractivity (Wildman–Crippen MR) is 79.4 cm³/mol. The van der Waals surface area contributed by atoms with Gasteiger partial charge in [-0.1, -0.05) is 47.5 Å². The summed E-state index contributed by atoms with van der Waals surface area (Å²) < 4.78 is 0. The lowest BCUT2D eigenvalue weighted by atomic mass is 9.98. The van der Waals surface area contributed by atoms with Crippen molar-refractivity contribution in [2.45, 2.75) is 13.5 Å². The van der Waals surface area contributed by atoms with Crippen LogP contribution >= 0.6 is 23.2 Å². The van der Waals surface area contributed by atoms with Gasteiger partial charge in [-0.2, -0.15) is 0 Å². The summed E-state index contributed by atoms with van der Waals surface area (Å²) >= 11 is 12.2. The highest BCUT2D eigenvalue weighted by Gasteiger charge is 2.07. The summed E-state index contributed by atoms with van der Waals surface area (Å²) in [5, 5.41) is 4.49. The summed E-state index contributed by atoms with van der Waals surface area (Å²) in [6, 6.07) is 12.0. The van der Waals surface area contributed by atoms with Crippen molar-refractivity contribution in [1.82, 2.24) is 5.32 Å². The van der Waals surface area contributed by atoms with Crippen molar-refractivity contribution in [3.05, 3.63) is 57.6 Å². The van der Waals surface area contributed by atoms with E-state index in [1.807, 2.05) is 19.2 Å². The Labute approximate surface area is 118 Å². The maximum absolute atomic E-state index is 6.24. The molecule has 0 aliphatic carbocycles. The van der Waals surface area contributed by atoms with E-state index in [0.29, 0.717) is 10.0 Å². The molecular weight excluding hydrogens is 265 g/mol. The molecule has 1 N–H and O–H groups in total. The zero-order chi connectivity index (χ0) is 13.1. The van der Waals surface area contributed by atoms with Crippen molar-refractivity contribution in [3.63, 3.8) is 0 Å².